The van der Waals surface area contributed by atoms with Gasteiger partial charge < -0.3 is 21.0 Å². The van der Waals surface area contributed by atoms with E-state index in [-0.39, 0.29) is 17.8 Å². The molecule has 1 saturated carbocycles. The van der Waals surface area contributed by atoms with Crippen molar-refractivity contribution in [3.8, 4) is 0 Å². The topological polar surface area (TPSA) is 96.9 Å². The van der Waals surface area contributed by atoms with Crippen molar-refractivity contribution in [1.82, 2.24) is 5.32 Å². The molecule has 1 saturated heterocycles. The Morgan fingerprint density at radius 1 is 1.61 bits per heavy atom. The molecule has 2 unspecified atom stereocenters. The highest BCUT2D eigenvalue weighted by molar-refractivity contribution is 6.09. The van der Waals surface area contributed by atoms with Crippen LogP contribution in [0.3, 0.4) is 0 Å². The molecule has 2 rings (SSSR count). The molecule has 0 spiro atoms. The Morgan fingerprint density at radius 3 is 2.89 bits per heavy atom. The fourth-order valence-corrected chi connectivity index (χ4v) is 2.59. The predicted molar refractivity (Wildman–Crippen MR) is 66.2 cm³/mol. The summed E-state index contributed by atoms with van der Waals surface area (Å²) in [5, 5.41) is 14.6. The van der Waals surface area contributed by atoms with E-state index in [4.69, 9.17) is 15.7 Å². The van der Waals surface area contributed by atoms with Crippen molar-refractivity contribution in [2.75, 3.05) is 13.2 Å². The number of amides is 1. The molecule has 2 atom stereocenters. The van der Waals surface area contributed by atoms with Crippen molar-refractivity contribution >= 4 is 11.7 Å². The maximum Gasteiger partial charge on any atom is 0.233 e. The van der Waals surface area contributed by atoms with E-state index in [0.29, 0.717) is 25.3 Å². The van der Waals surface area contributed by atoms with E-state index >= 15 is 0 Å². The molecule has 6 nitrogen and oxygen atoms in total. The van der Waals surface area contributed by atoms with Gasteiger partial charge in [-0.3, -0.25) is 4.79 Å². The molecule has 2 fully saturated rings. The third kappa shape index (κ3) is 2.29. The second kappa shape index (κ2) is 5.14. The predicted octanol–water partition coefficient (Wildman–Crippen LogP) is 0.444. The Bertz CT molecular complexity index is 352. The first kappa shape index (κ1) is 13.1. The number of hydrogen-bond donors (Lipinski definition) is 3. The van der Waals surface area contributed by atoms with E-state index in [1.54, 1.807) is 0 Å². The lowest BCUT2D eigenvalue weighted by Gasteiger charge is -2.19. The van der Waals surface area contributed by atoms with Crippen LogP contribution in [0, 0.1) is 11.3 Å². The zero-order valence-electron chi connectivity index (χ0n) is 10.7. The number of amidine groups is 1. The van der Waals surface area contributed by atoms with Crippen LogP contribution in [-0.2, 0) is 9.53 Å². The van der Waals surface area contributed by atoms with Gasteiger partial charge in [-0.1, -0.05) is 12.1 Å². The Morgan fingerprint density at radius 2 is 2.33 bits per heavy atom. The minimum Gasteiger partial charge on any atom is -0.409 e. The second-order valence-electron chi connectivity index (χ2n) is 5.14. The summed E-state index contributed by atoms with van der Waals surface area (Å²) >= 11 is 0. The Hall–Kier alpha value is -1.30. The summed E-state index contributed by atoms with van der Waals surface area (Å²) in [7, 11) is 0. The fourth-order valence-electron chi connectivity index (χ4n) is 2.59. The quantitative estimate of drug-likeness (QED) is 0.287. The molecule has 1 heterocycles. The summed E-state index contributed by atoms with van der Waals surface area (Å²) < 4.78 is 5.58. The summed E-state index contributed by atoms with van der Waals surface area (Å²) in [6, 6.07) is 0. The van der Waals surface area contributed by atoms with Crippen LogP contribution in [0.15, 0.2) is 5.16 Å². The normalized spacial score (nSPS) is 30.2. The smallest absolute Gasteiger partial charge is 0.233 e. The third-order valence-corrected chi connectivity index (χ3v) is 4.06. The molecule has 0 aromatic carbocycles. The molecule has 0 radical (unpaired) electrons. The second-order valence-corrected chi connectivity index (χ2v) is 5.14. The summed E-state index contributed by atoms with van der Waals surface area (Å²) in [4.78, 5) is 12.1. The van der Waals surface area contributed by atoms with Gasteiger partial charge in [0.25, 0.3) is 0 Å². The highest BCUT2D eigenvalue weighted by Gasteiger charge is 2.54. The van der Waals surface area contributed by atoms with Gasteiger partial charge in [-0.25, -0.2) is 0 Å². The van der Waals surface area contributed by atoms with Crippen LogP contribution in [0.4, 0.5) is 0 Å². The van der Waals surface area contributed by atoms with Gasteiger partial charge in [0.2, 0.25) is 5.91 Å². The number of rotatable bonds is 5. The fraction of sp³-hybridized carbons (Fsp3) is 0.833. The molecule has 4 N–H and O–H groups in total. The molecular formula is C12H21N3O3. The summed E-state index contributed by atoms with van der Waals surface area (Å²) in [5.74, 6) is 0.274. The molecule has 1 aliphatic heterocycles. The maximum absolute atomic E-state index is 12.1. The van der Waals surface area contributed by atoms with Crippen LogP contribution in [0.2, 0.25) is 0 Å². The van der Waals surface area contributed by atoms with E-state index in [1.807, 2.05) is 0 Å². The lowest BCUT2D eigenvalue weighted by atomic mass is 9.98. The first-order valence-electron chi connectivity index (χ1n) is 6.52. The van der Waals surface area contributed by atoms with Gasteiger partial charge in [0.05, 0.1) is 6.10 Å². The zero-order chi connectivity index (χ0) is 13.2. The van der Waals surface area contributed by atoms with E-state index < -0.39 is 5.41 Å². The average Bonchev–Trinajstić information content (AvgIpc) is 3.08. The molecule has 6 heteroatoms. The lowest BCUT2D eigenvalue weighted by molar-refractivity contribution is -0.124. The van der Waals surface area contributed by atoms with Gasteiger partial charge in [-0.15, -0.1) is 0 Å². The SMILES string of the molecule is CCC1OCCC1CNC(=O)C1(C(N)=NO)CC1. The van der Waals surface area contributed by atoms with Crippen LogP contribution in [0.1, 0.15) is 32.6 Å². The molecule has 18 heavy (non-hydrogen) atoms. The Labute approximate surface area is 107 Å². The molecule has 1 aliphatic carbocycles. The van der Waals surface area contributed by atoms with Gasteiger partial charge in [0.1, 0.15) is 5.41 Å². The summed E-state index contributed by atoms with van der Waals surface area (Å²) in [6.45, 7) is 3.46. The molecule has 1 amide bonds. The van der Waals surface area contributed by atoms with Crippen molar-refractivity contribution in [2.45, 2.75) is 38.7 Å². The first-order chi connectivity index (χ1) is 8.64. The highest BCUT2D eigenvalue weighted by atomic mass is 16.5. The number of nitrogens with zero attached hydrogens (tertiary/aromatic N) is 1. The minimum absolute atomic E-state index is 0.0229. The molecule has 0 aromatic rings. The van der Waals surface area contributed by atoms with Crippen molar-refractivity contribution in [3.05, 3.63) is 0 Å². The van der Waals surface area contributed by atoms with E-state index in [2.05, 4.69) is 17.4 Å². The van der Waals surface area contributed by atoms with Crippen LogP contribution < -0.4 is 11.1 Å². The van der Waals surface area contributed by atoms with E-state index in [0.717, 1.165) is 19.4 Å². The Balaban J connectivity index is 1.86. The van der Waals surface area contributed by atoms with Crippen molar-refractivity contribution in [2.24, 2.45) is 22.2 Å². The van der Waals surface area contributed by atoms with Crippen LogP contribution in [0.5, 0.6) is 0 Å². The largest absolute Gasteiger partial charge is 0.409 e. The Kier molecular flexibility index (Phi) is 3.75. The van der Waals surface area contributed by atoms with Crippen LogP contribution in [0.25, 0.3) is 0 Å². The summed E-state index contributed by atoms with van der Waals surface area (Å²) in [6.07, 6.45) is 3.51. The zero-order valence-corrected chi connectivity index (χ0v) is 10.7. The highest BCUT2D eigenvalue weighted by Crippen LogP contribution is 2.46. The molecule has 2 aliphatic rings. The van der Waals surface area contributed by atoms with Crippen LogP contribution >= 0.6 is 0 Å². The van der Waals surface area contributed by atoms with Gasteiger partial charge >= 0.3 is 0 Å². The van der Waals surface area contributed by atoms with Gasteiger partial charge in [0.15, 0.2) is 5.84 Å². The average molecular weight is 255 g/mol. The van der Waals surface area contributed by atoms with Gasteiger partial charge in [0, 0.05) is 19.1 Å². The molecule has 0 bridgehead atoms. The maximum atomic E-state index is 12.1. The van der Waals surface area contributed by atoms with Gasteiger partial charge in [-0.05, 0) is 25.7 Å². The number of nitrogens with two attached hydrogens (primary N) is 1. The monoisotopic (exact) mass is 255 g/mol. The number of hydrogen-bond acceptors (Lipinski definition) is 4. The first-order valence-corrected chi connectivity index (χ1v) is 6.52. The molecule has 0 aromatic heterocycles. The lowest BCUT2D eigenvalue weighted by Crippen LogP contribution is -2.43. The third-order valence-electron chi connectivity index (χ3n) is 4.06. The number of nitrogens with one attached hydrogen (secondary N) is 1. The standard InChI is InChI=1S/C12H21N3O3/c1-2-9-8(3-6-18-9)7-14-11(16)12(4-5-12)10(13)15-17/h8-9,17H,2-7H2,1H3,(H2,13,15)(H,14,16). The summed E-state index contributed by atoms with van der Waals surface area (Å²) in [5.41, 5.74) is 4.81. The molecule has 102 valence electrons. The number of ether oxygens (including phenoxy) is 1. The number of carbonyl (C=O) groups excluding carboxylic acids is 1. The van der Waals surface area contributed by atoms with Crippen molar-refractivity contribution < 1.29 is 14.7 Å². The number of oxime groups is 1. The van der Waals surface area contributed by atoms with E-state index in [1.165, 1.54) is 0 Å². The van der Waals surface area contributed by atoms with Gasteiger partial charge in [-0.2, -0.15) is 0 Å². The minimum atomic E-state index is -0.754. The van der Waals surface area contributed by atoms with Crippen LogP contribution in [-0.4, -0.2) is 36.2 Å². The van der Waals surface area contributed by atoms with Crippen molar-refractivity contribution in [3.63, 3.8) is 0 Å². The molecular weight excluding hydrogens is 234 g/mol. The van der Waals surface area contributed by atoms with E-state index in [9.17, 15) is 4.79 Å². The van der Waals surface area contributed by atoms with Crippen molar-refractivity contribution in [1.29, 1.82) is 0 Å². The number of carbonyl (C=O) groups is 1.